The first-order valence-electron chi connectivity index (χ1n) is 57.0. The fraction of sp³-hybridized carbons (Fsp3) is 0.291. The van der Waals surface area contributed by atoms with Crippen LogP contribution in [0.25, 0.3) is 105 Å². The van der Waals surface area contributed by atoms with Crippen LogP contribution in [0.1, 0.15) is 259 Å². The highest BCUT2D eigenvalue weighted by Crippen LogP contribution is 2.51. The van der Waals surface area contributed by atoms with Crippen LogP contribution in [0.5, 0.6) is 0 Å². The third-order valence-electron chi connectivity index (χ3n) is 22.3. The van der Waals surface area contributed by atoms with Gasteiger partial charge in [-0.3, -0.25) is 0 Å². The van der Waals surface area contributed by atoms with Crippen LogP contribution in [0.2, 0.25) is 0 Å². The van der Waals surface area contributed by atoms with Crippen molar-refractivity contribution in [3.63, 3.8) is 0 Å². The van der Waals surface area contributed by atoms with Crippen molar-refractivity contribution in [2.24, 2.45) is 0 Å². The average Bonchev–Trinajstić information content (AvgIpc) is 1.59. The second-order valence-electron chi connectivity index (χ2n) is 39.3. The Hall–Kier alpha value is -11.1. The number of hydrogen-bond donors (Lipinski definition) is 0. The molecule has 2 aliphatic rings. The lowest BCUT2D eigenvalue weighted by Crippen LogP contribution is -2.61. The van der Waals surface area contributed by atoms with Gasteiger partial charge in [-0.2, -0.15) is 0 Å². The summed E-state index contributed by atoms with van der Waals surface area (Å²) in [5.41, 5.74) is -19.7. The molecular formula is C110H114BN5. The molecule has 0 spiro atoms. The maximum Gasteiger partial charge on any atom is 0.252 e. The minimum atomic E-state index is -2.47. The zero-order valence-corrected chi connectivity index (χ0v) is 70.4. The third-order valence-corrected chi connectivity index (χ3v) is 22.3. The van der Waals surface area contributed by atoms with Crippen molar-refractivity contribution in [3.8, 4) is 39.3 Å². The third kappa shape index (κ3) is 12.8. The molecule has 3 aromatic heterocycles. The van der Waals surface area contributed by atoms with Crippen molar-refractivity contribution < 1.29 is 48.0 Å². The number of aromatic nitrogens is 3. The van der Waals surface area contributed by atoms with Gasteiger partial charge in [0.05, 0.1) is 86.8 Å². The van der Waals surface area contributed by atoms with Crippen molar-refractivity contribution >= 4 is 123 Å². The molecule has 0 bridgehead atoms. The van der Waals surface area contributed by atoms with Crippen LogP contribution in [0.4, 0.5) is 34.1 Å². The van der Waals surface area contributed by atoms with E-state index in [1.165, 1.54) is 6.07 Å². The Morgan fingerprint density at radius 3 is 0.836 bits per heavy atom. The van der Waals surface area contributed by atoms with E-state index in [9.17, 15) is 48.0 Å². The molecule has 18 rings (SSSR count). The minimum Gasteiger partial charge on any atom is -0.311 e. The number of rotatable bonds is 7. The maximum absolute atomic E-state index is 12.2. The molecule has 0 saturated carbocycles. The first-order chi connectivity index (χ1) is 69.2. The summed E-state index contributed by atoms with van der Waals surface area (Å²) in [4.78, 5) is 1.52. The van der Waals surface area contributed by atoms with Crippen LogP contribution in [0.15, 0.2) is 254 Å². The molecule has 0 aliphatic carbocycles. The maximum atomic E-state index is 12.2. The zero-order chi connectivity index (χ0) is 112. The number of fused-ring (bicyclic) bond motifs is 13. The number of para-hydroxylation sites is 2. The lowest BCUT2D eigenvalue weighted by molar-refractivity contribution is 0.568. The van der Waals surface area contributed by atoms with E-state index >= 15 is 0 Å². The number of nitrogens with zero attached hydrogens (tertiary/aromatic N) is 5. The second kappa shape index (κ2) is 26.2. The van der Waals surface area contributed by atoms with Gasteiger partial charge >= 0.3 is 0 Å². The van der Waals surface area contributed by atoms with Gasteiger partial charge in [0, 0.05) is 77.8 Å². The van der Waals surface area contributed by atoms with Crippen LogP contribution >= 0.6 is 0 Å². The standard InChI is InChI=1S/C110H114BN5/c1-103(2,3)71-37-45-86-87-46-38-72(104(4,5)6)60-95(87)114(94(86)59-71)81-41-49-90-98(63-81)112(79-31-27-25-28-32-79)100-65-83(66-101-102(100)111(90)91-50-42-82(64-99(91)113(101)80-33-29-26-30-34-80)115-96-61-73(105(7,8)9)39-47-88(96)89-48-40-74(62-97(89)115)106(10,11)12)116-92-55-67(69-51-75(107(13,14)15)57-76(52-69)108(16,17)18)35-43-84(92)85-44-36-68(56-93(85)116)70-53-77(109(19,20)21)58-78(54-70)110(22,23)24/h25-66H,1-24H3/i25D,26D,27D,28D,29D,30D,31D,32D,33D,34D,35D,36D,37D,38D,39D,41D,42D,43D,44D,45D,46D,47D,48D,49D,50D,55D,56D,59D,60D,61D,62D,63D,64D,65D,66D. The van der Waals surface area contributed by atoms with Crippen LogP contribution in [-0.4, -0.2) is 20.4 Å². The Balaban J connectivity index is 1.20. The molecule has 13 aromatic carbocycles. The largest absolute Gasteiger partial charge is 0.311 e. The highest BCUT2D eigenvalue weighted by atomic mass is 15.2. The lowest BCUT2D eigenvalue weighted by Gasteiger charge is -2.44. The lowest BCUT2D eigenvalue weighted by atomic mass is 9.33. The average molecular weight is 1550 g/mol. The smallest absolute Gasteiger partial charge is 0.252 e. The summed E-state index contributed by atoms with van der Waals surface area (Å²) < 4.78 is 375. The highest BCUT2D eigenvalue weighted by molar-refractivity contribution is 7.00. The minimum absolute atomic E-state index is 0.108. The Labute approximate surface area is 738 Å². The van der Waals surface area contributed by atoms with Gasteiger partial charge in [-0.05, 0) is 223 Å². The highest BCUT2D eigenvalue weighted by Gasteiger charge is 2.45. The first kappa shape index (κ1) is 46.0. The molecule has 0 atom stereocenters. The summed E-state index contributed by atoms with van der Waals surface area (Å²) >= 11 is 0. The molecule has 0 N–H and O–H groups in total. The van der Waals surface area contributed by atoms with Crippen molar-refractivity contribution in [1.82, 2.24) is 13.7 Å². The molecule has 16 aromatic rings. The van der Waals surface area contributed by atoms with Crippen LogP contribution in [0.3, 0.4) is 0 Å². The summed E-state index contributed by atoms with van der Waals surface area (Å²) in [6, 6.07) is -18.7. The van der Waals surface area contributed by atoms with E-state index in [1.54, 1.807) is 107 Å². The molecule has 5 nitrogen and oxygen atoms in total. The Kier molecular flexibility index (Phi) is 10.4. The summed E-state index contributed by atoms with van der Waals surface area (Å²) in [5, 5.41) is -2.52. The summed E-state index contributed by atoms with van der Waals surface area (Å²) in [7, 11) is 0. The topological polar surface area (TPSA) is 21.3 Å². The molecule has 5 heterocycles. The summed E-state index contributed by atoms with van der Waals surface area (Å²) in [6.07, 6.45) is 0. The fourth-order valence-corrected chi connectivity index (χ4v) is 15.5. The Morgan fingerprint density at radius 1 is 0.224 bits per heavy atom. The van der Waals surface area contributed by atoms with Gasteiger partial charge < -0.3 is 23.5 Å². The van der Waals surface area contributed by atoms with Crippen molar-refractivity contribution in [3.05, 3.63) is 298 Å². The SMILES string of the molecule is [2H]c1c([2H])c([2H])c(N2c3c([2H])c(-n4c5c([2H])c(C(C)(C)C)cc([2H])c5c5c([2H])c([2H])c(C(C)(C)C)c([2H])c54)c([2H])c([2H])c3B3c4c([2H])c([2H])c(-n5c6c([2H])c(C(C)(C)C)c([2H])c([2H])c6c6c([2H])c([2H])c(C(C)(C)C)c([2H])c65)c([2H])c4N(c4c([2H])c([2H])c([2H])c([2H])c4[2H])c4c([2H])c(-n5c6c([2H])c(-c7cc(C(C)(C)C)cc(C(C)(C)C)c7)c([2H])c([2H])c6c6c([2H])c([2H])c(-c7cc(C(C)(C)C)cc(C(C)(C)C)c7)c([2H])c65)c([2H])c2c43)c([2H])c1[2H]. The van der Waals surface area contributed by atoms with Crippen molar-refractivity contribution in [2.75, 3.05) is 9.80 Å². The molecular weight excluding hydrogens is 1400 g/mol. The van der Waals surface area contributed by atoms with E-state index in [1.807, 2.05) is 95.2 Å². The van der Waals surface area contributed by atoms with Crippen molar-refractivity contribution in [2.45, 2.75) is 209 Å². The van der Waals surface area contributed by atoms with E-state index in [0.717, 1.165) is 23.5 Å². The molecule has 0 fully saturated rings. The summed E-state index contributed by atoms with van der Waals surface area (Å²) in [6.45, 7) is 40.8. The van der Waals surface area contributed by atoms with Crippen LogP contribution in [-0.2, 0) is 43.3 Å². The van der Waals surface area contributed by atoms with E-state index in [4.69, 9.17) is 0 Å². The first-order valence-corrected chi connectivity index (χ1v) is 39.5. The normalized spacial score (nSPS) is 18.0. The number of anilines is 6. The molecule has 582 valence electrons. The predicted molar refractivity (Wildman–Crippen MR) is 504 cm³/mol. The molecule has 6 heteroatoms. The monoisotopic (exact) mass is 1550 g/mol. The molecule has 0 saturated heterocycles. The van der Waals surface area contributed by atoms with Crippen molar-refractivity contribution in [1.29, 1.82) is 0 Å². The molecule has 0 radical (unpaired) electrons. The molecule has 0 amide bonds. The number of benzene rings is 13. The van der Waals surface area contributed by atoms with Gasteiger partial charge in [0.1, 0.15) is 0 Å². The Morgan fingerprint density at radius 2 is 0.509 bits per heavy atom. The fourth-order valence-electron chi connectivity index (χ4n) is 15.5. The molecule has 116 heavy (non-hydrogen) atoms. The van der Waals surface area contributed by atoms with E-state index in [0.29, 0.717) is 22.3 Å². The van der Waals surface area contributed by atoms with Gasteiger partial charge in [-0.15, -0.1) is 0 Å². The summed E-state index contributed by atoms with van der Waals surface area (Å²) in [5.74, 6) is 0. The molecule has 0 unspecified atom stereocenters. The molecule has 2 aliphatic heterocycles. The quantitative estimate of drug-likeness (QED) is 0.148. The van der Waals surface area contributed by atoms with Gasteiger partial charge in [-0.25, -0.2) is 0 Å². The van der Waals surface area contributed by atoms with E-state index < -0.39 is 384 Å². The Bertz CT molecular complexity index is 8570. The van der Waals surface area contributed by atoms with Gasteiger partial charge in [-0.1, -0.05) is 323 Å². The van der Waals surface area contributed by atoms with Gasteiger partial charge in [0.25, 0.3) is 6.71 Å². The van der Waals surface area contributed by atoms with E-state index in [2.05, 4.69) is 0 Å². The van der Waals surface area contributed by atoms with Gasteiger partial charge in [0.2, 0.25) is 0 Å². The van der Waals surface area contributed by atoms with Gasteiger partial charge in [0.15, 0.2) is 0 Å². The van der Waals surface area contributed by atoms with Crippen LogP contribution in [0, 0.1) is 0 Å². The van der Waals surface area contributed by atoms with Crippen LogP contribution < -0.4 is 26.2 Å². The number of hydrogen-bond acceptors (Lipinski definition) is 2. The zero-order valence-electron chi connectivity index (χ0n) is 105. The van der Waals surface area contributed by atoms with E-state index in [-0.39, 0.29) is 55.3 Å². The predicted octanol–water partition coefficient (Wildman–Crippen LogP) is 28.8. The second-order valence-corrected chi connectivity index (χ2v) is 39.3.